The number of nitrogens with zero attached hydrogens (tertiary/aromatic N) is 4. The van der Waals surface area contributed by atoms with E-state index in [1.54, 1.807) is 12.4 Å². The maximum absolute atomic E-state index is 4.48. The van der Waals surface area contributed by atoms with E-state index in [0.717, 1.165) is 22.3 Å². The molecule has 0 aliphatic heterocycles. The summed E-state index contributed by atoms with van der Waals surface area (Å²) < 4.78 is 0. The molecule has 25 heavy (non-hydrogen) atoms. The van der Waals surface area contributed by atoms with Crippen molar-refractivity contribution in [1.29, 1.82) is 0 Å². The standard InChI is InChI=1S/C19H16N6/c1-13-5-2-8-15(11-13)22-17-12-21-25-19(24-17)23-16-9-3-6-14-7-4-10-20-18(14)16/h2-12H,1H3,(H2,22,23,24,25). The molecule has 2 N–H and O–H groups in total. The Bertz CT molecular complexity index is 1030. The summed E-state index contributed by atoms with van der Waals surface area (Å²) in [5.74, 6) is 1.03. The van der Waals surface area contributed by atoms with Crippen LogP contribution in [-0.4, -0.2) is 20.2 Å². The van der Waals surface area contributed by atoms with Crippen molar-refractivity contribution in [2.24, 2.45) is 0 Å². The minimum absolute atomic E-state index is 0.413. The second-order valence-electron chi connectivity index (χ2n) is 5.67. The molecule has 0 aliphatic rings. The SMILES string of the molecule is Cc1cccc(Nc2cnnc(Nc3cccc4cccnc34)n2)c1. The molecule has 0 aliphatic carbocycles. The van der Waals surface area contributed by atoms with Crippen molar-refractivity contribution in [3.8, 4) is 0 Å². The van der Waals surface area contributed by atoms with E-state index in [9.17, 15) is 0 Å². The molecule has 0 spiro atoms. The molecule has 2 heterocycles. The molecule has 6 nitrogen and oxygen atoms in total. The van der Waals surface area contributed by atoms with Crippen LogP contribution in [-0.2, 0) is 0 Å². The lowest BCUT2D eigenvalue weighted by atomic mass is 10.2. The van der Waals surface area contributed by atoms with Gasteiger partial charge in [-0.3, -0.25) is 4.98 Å². The number of nitrogens with one attached hydrogen (secondary N) is 2. The van der Waals surface area contributed by atoms with Gasteiger partial charge in [0.05, 0.1) is 17.4 Å². The van der Waals surface area contributed by atoms with Crippen molar-refractivity contribution in [2.75, 3.05) is 10.6 Å². The third-order valence-corrected chi connectivity index (χ3v) is 3.73. The van der Waals surface area contributed by atoms with Crippen LogP contribution in [0.15, 0.2) is 67.0 Å². The van der Waals surface area contributed by atoms with E-state index in [1.165, 1.54) is 5.56 Å². The van der Waals surface area contributed by atoms with Gasteiger partial charge in [-0.2, -0.15) is 10.1 Å². The summed E-state index contributed by atoms with van der Waals surface area (Å²) >= 11 is 0. The molecule has 0 unspecified atom stereocenters. The summed E-state index contributed by atoms with van der Waals surface area (Å²) in [6.07, 6.45) is 3.36. The van der Waals surface area contributed by atoms with Gasteiger partial charge in [-0.05, 0) is 36.8 Å². The molecule has 4 aromatic rings. The zero-order valence-electron chi connectivity index (χ0n) is 13.6. The van der Waals surface area contributed by atoms with E-state index >= 15 is 0 Å². The smallest absolute Gasteiger partial charge is 0.249 e. The fourth-order valence-electron chi connectivity index (χ4n) is 2.61. The zero-order chi connectivity index (χ0) is 17.1. The molecule has 0 saturated carbocycles. The predicted molar refractivity (Wildman–Crippen MR) is 99.3 cm³/mol. The Labute approximate surface area is 145 Å². The van der Waals surface area contributed by atoms with Crippen molar-refractivity contribution >= 4 is 34.0 Å². The van der Waals surface area contributed by atoms with Crippen LogP contribution in [0.3, 0.4) is 0 Å². The lowest BCUT2D eigenvalue weighted by Crippen LogP contribution is -2.03. The lowest BCUT2D eigenvalue weighted by molar-refractivity contribution is 0.982. The van der Waals surface area contributed by atoms with Crippen LogP contribution in [0.25, 0.3) is 10.9 Å². The number of pyridine rings is 1. The van der Waals surface area contributed by atoms with Crippen LogP contribution in [0.5, 0.6) is 0 Å². The first-order valence-corrected chi connectivity index (χ1v) is 7.92. The molecule has 0 fully saturated rings. The number of aromatic nitrogens is 4. The second kappa shape index (κ2) is 6.52. The average molecular weight is 328 g/mol. The number of rotatable bonds is 4. The highest BCUT2D eigenvalue weighted by Gasteiger charge is 2.06. The highest BCUT2D eigenvalue weighted by molar-refractivity contribution is 5.91. The van der Waals surface area contributed by atoms with Crippen LogP contribution in [0.1, 0.15) is 5.56 Å². The van der Waals surface area contributed by atoms with Gasteiger partial charge in [-0.15, -0.1) is 5.10 Å². The molecule has 0 saturated heterocycles. The van der Waals surface area contributed by atoms with Gasteiger partial charge in [0.2, 0.25) is 5.95 Å². The molecule has 2 aromatic heterocycles. The van der Waals surface area contributed by atoms with Gasteiger partial charge in [0.15, 0.2) is 5.82 Å². The van der Waals surface area contributed by atoms with Gasteiger partial charge in [0, 0.05) is 17.3 Å². The van der Waals surface area contributed by atoms with Crippen molar-refractivity contribution in [1.82, 2.24) is 20.2 Å². The molecule has 0 atom stereocenters. The number of fused-ring (bicyclic) bond motifs is 1. The summed E-state index contributed by atoms with van der Waals surface area (Å²) in [4.78, 5) is 8.90. The molecule has 6 heteroatoms. The van der Waals surface area contributed by atoms with Crippen LogP contribution in [0.4, 0.5) is 23.1 Å². The highest BCUT2D eigenvalue weighted by Crippen LogP contribution is 2.23. The summed E-state index contributed by atoms with van der Waals surface area (Å²) in [5.41, 5.74) is 3.84. The van der Waals surface area contributed by atoms with Crippen LogP contribution in [0, 0.1) is 6.92 Å². The minimum Gasteiger partial charge on any atom is -0.339 e. The third-order valence-electron chi connectivity index (χ3n) is 3.73. The van der Waals surface area contributed by atoms with Gasteiger partial charge in [0.1, 0.15) is 0 Å². The normalized spacial score (nSPS) is 10.6. The quantitative estimate of drug-likeness (QED) is 0.584. The van der Waals surface area contributed by atoms with Crippen LogP contribution < -0.4 is 10.6 Å². The van der Waals surface area contributed by atoms with Crippen molar-refractivity contribution in [3.05, 3.63) is 72.6 Å². The second-order valence-corrected chi connectivity index (χ2v) is 5.67. The molecule has 4 rings (SSSR count). The van der Waals surface area contributed by atoms with E-state index in [2.05, 4.69) is 30.8 Å². The molecule has 0 radical (unpaired) electrons. The summed E-state index contributed by atoms with van der Waals surface area (Å²) in [7, 11) is 0. The van der Waals surface area contributed by atoms with Gasteiger partial charge < -0.3 is 10.6 Å². The first-order chi connectivity index (χ1) is 12.3. The highest BCUT2D eigenvalue weighted by atomic mass is 15.3. The molecule has 2 aromatic carbocycles. The first-order valence-electron chi connectivity index (χ1n) is 7.92. The van der Waals surface area contributed by atoms with E-state index < -0.39 is 0 Å². The number of benzene rings is 2. The topological polar surface area (TPSA) is 75.6 Å². The number of hydrogen-bond acceptors (Lipinski definition) is 6. The van der Waals surface area contributed by atoms with Crippen molar-refractivity contribution < 1.29 is 0 Å². The number of anilines is 4. The van der Waals surface area contributed by atoms with Gasteiger partial charge in [0.25, 0.3) is 0 Å². The summed E-state index contributed by atoms with van der Waals surface area (Å²) in [6.45, 7) is 2.05. The molecular weight excluding hydrogens is 312 g/mol. The van der Waals surface area contributed by atoms with Crippen molar-refractivity contribution in [2.45, 2.75) is 6.92 Å². The first kappa shape index (κ1) is 15.0. The predicted octanol–water partition coefficient (Wildman–Crippen LogP) is 4.22. The lowest BCUT2D eigenvalue weighted by Gasteiger charge is -2.09. The van der Waals surface area contributed by atoms with Crippen LogP contribution >= 0.6 is 0 Å². The monoisotopic (exact) mass is 328 g/mol. The van der Waals surface area contributed by atoms with E-state index in [1.807, 2.05) is 61.5 Å². The Hall–Kier alpha value is -3.54. The molecular formula is C19H16N6. The molecule has 122 valence electrons. The molecule has 0 bridgehead atoms. The largest absolute Gasteiger partial charge is 0.339 e. The third kappa shape index (κ3) is 3.37. The Kier molecular flexibility index (Phi) is 3.92. The van der Waals surface area contributed by atoms with Crippen LogP contribution in [0.2, 0.25) is 0 Å². The Balaban J connectivity index is 1.61. The van der Waals surface area contributed by atoms with Gasteiger partial charge in [-0.25, -0.2) is 0 Å². The Morgan fingerprint density at radius 3 is 2.72 bits per heavy atom. The summed E-state index contributed by atoms with van der Waals surface area (Å²) in [5, 5.41) is 15.6. The number of aryl methyl sites for hydroxylation is 1. The van der Waals surface area contributed by atoms with Crippen molar-refractivity contribution in [3.63, 3.8) is 0 Å². The summed E-state index contributed by atoms with van der Waals surface area (Å²) in [6, 6.07) is 17.9. The maximum atomic E-state index is 4.48. The Morgan fingerprint density at radius 2 is 1.80 bits per heavy atom. The zero-order valence-corrected chi connectivity index (χ0v) is 13.6. The van der Waals surface area contributed by atoms with E-state index in [-0.39, 0.29) is 0 Å². The number of hydrogen-bond donors (Lipinski definition) is 2. The van der Waals surface area contributed by atoms with E-state index in [4.69, 9.17) is 0 Å². The fourth-order valence-corrected chi connectivity index (χ4v) is 2.61. The van der Waals surface area contributed by atoms with Gasteiger partial charge in [-0.1, -0.05) is 30.3 Å². The van der Waals surface area contributed by atoms with E-state index in [0.29, 0.717) is 11.8 Å². The Morgan fingerprint density at radius 1 is 0.920 bits per heavy atom. The minimum atomic E-state index is 0.413. The fraction of sp³-hybridized carbons (Fsp3) is 0.0526. The maximum Gasteiger partial charge on any atom is 0.249 e. The average Bonchev–Trinajstić information content (AvgIpc) is 2.62. The molecule has 0 amide bonds. The van der Waals surface area contributed by atoms with Gasteiger partial charge >= 0.3 is 0 Å². The number of para-hydroxylation sites is 1.